The molecule has 0 aromatic heterocycles. The van der Waals surface area contributed by atoms with Crippen molar-refractivity contribution in [3.63, 3.8) is 0 Å². The Balaban J connectivity index is 1.36. The van der Waals surface area contributed by atoms with Crippen LogP contribution in [0.4, 0.5) is 4.39 Å². The van der Waals surface area contributed by atoms with E-state index in [0.717, 1.165) is 16.7 Å². The molecule has 172 valence electrons. The first kappa shape index (κ1) is 22.2. The minimum absolute atomic E-state index is 0.305. The summed E-state index contributed by atoms with van der Waals surface area (Å²) in [4.78, 5) is 0. The molecule has 2 fully saturated rings. The zero-order valence-electron chi connectivity index (χ0n) is 18.2. The molecule has 33 heavy (non-hydrogen) atoms. The van der Waals surface area contributed by atoms with Crippen LogP contribution in [0.1, 0.15) is 16.7 Å². The predicted octanol–water partition coefficient (Wildman–Crippen LogP) is 4.79. The molecule has 0 N–H and O–H groups in total. The van der Waals surface area contributed by atoms with Crippen molar-refractivity contribution in [1.82, 2.24) is 0 Å². The fourth-order valence-electron chi connectivity index (χ4n) is 4.22. The molecule has 2 bridgehead atoms. The Kier molecular flexibility index (Phi) is 7.09. The van der Waals surface area contributed by atoms with Gasteiger partial charge in [-0.3, -0.25) is 0 Å². The highest BCUT2D eigenvalue weighted by atomic mass is 19.1. The number of fused-ring (bicyclic) bond motifs is 2. The predicted molar refractivity (Wildman–Crippen MR) is 120 cm³/mol. The van der Waals surface area contributed by atoms with Gasteiger partial charge in [0, 0.05) is 0 Å². The lowest BCUT2D eigenvalue weighted by Crippen LogP contribution is -2.57. The zero-order chi connectivity index (χ0) is 22.5. The van der Waals surface area contributed by atoms with Crippen molar-refractivity contribution in [2.24, 2.45) is 0 Å². The molecule has 6 heteroatoms. The highest BCUT2D eigenvalue weighted by molar-refractivity contribution is 5.16. The van der Waals surface area contributed by atoms with Gasteiger partial charge in [-0.25, -0.2) is 4.39 Å². The lowest BCUT2D eigenvalue weighted by molar-refractivity contribution is -0.268. The van der Waals surface area contributed by atoms with Gasteiger partial charge in [0.25, 0.3) is 0 Å². The van der Waals surface area contributed by atoms with Gasteiger partial charge in [0.05, 0.1) is 19.8 Å². The van der Waals surface area contributed by atoms with Crippen LogP contribution in [0.15, 0.2) is 91.0 Å². The summed E-state index contributed by atoms with van der Waals surface area (Å²) in [5.41, 5.74) is 2.99. The van der Waals surface area contributed by atoms with Gasteiger partial charge in [-0.2, -0.15) is 0 Å². The van der Waals surface area contributed by atoms with Crippen LogP contribution in [-0.4, -0.2) is 37.1 Å². The summed E-state index contributed by atoms with van der Waals surface area (Å²) < 4.78 is 44.9. The number of rotatable bonds is 9. The van der Waals surface area contributed by atoms with Crippen LogP contribution in [0.3, 0.4) is 0 Å². The SMILES string of the molecule is F[C@H]1OC2OC1C(OCc1ccccc1)C(OCc1ccccc1)C2OCc1ccccc1. The molecular formula is C27H27FO5. The van der Waals surface area contributed by atoms with E-state index in [4.69, 9.17) is 23.7 Å². The van der Waals surface area contributed by atoms with Gasteiger partial charge < -0.3 is 23.7 Å². The maximum Gasteiger partial charge on any atom is 0.230 e. The molecule has 2 aliphatic rings. The monoisotopic (exact) mass is 450 g/mol. The van der Waals surface area contributed by atoms with Gasteiger partial charge in [-0.15, -0.1) is 0 Å². The third kappa shape index (κ3) is 5.32. The molecule has 3 aromatic rings. The largest absolute Gasteiger partial charge is 0.368 e. The quantitative estimate of drug-likeness (QED) is 0.469. The van der Waals surface area contributed by atoms with Gasteiger partial charge >= 0.3 is 0 Å². The first-order chi connectivity index (χ1) is 16.3. The number of hydrogen-bond donors (Lipinski definition) is 0. The molecule has 6 atom stereocenters. The summed E-state index contributed by atoms with van der Waals surface area (Å²) in [6.45, 7) is 0.977. The maximum atomic E-state index is 14.8. The van der Waals surface area contributed by atoms with Crippen LogP contribution in [0.25, 0.3) is 0 Å². The minimum atomic E-state index is -1.61. The Hall–Kier alpha value is -2.61. The first-order valence-electron chi connectivity index (χ1n) is 11.2. The number of benzene rings is 3. The topological polar surface area (TPSA) is 46.2 Å². The molecule has 3 aromatic carbocycles. The molecule has 5 unspecified atom stereocenters. The van der Waals surface area contributed by atoms with E-state index in [1.54, 1.807) is 0 Å². The Morgan fingerprint density at radius 1 is 0.545 bits per heavy atom. The van der Waals surface area contributed by atoms with Crippen molar-refractivity contribution < 1.29 is 28.1 Å². The van der Waals surface area contributed by atoms with Crippen molar-refractivity contribution in [2.75, 3.05) is 0 Å². The molecule has 0 spiro atoms. The summed E-state index contributed by atoms with van der Waals surface area (Å²) in [5, 5.41) is 0. The van der Waals surface area contributed by atoms with E-state index in [9.17, 15) is 4.39 Å². The third-order valence-corrected chi connectivity index (χ3v) is 5.91. The average Bonchev–Trinajstić information content (AvgIpc) is 3.20. The van der Waals surface area contributed by atoms with Crippen molar-refractivity contribution in [2.45, 2.75) is 56.9 Å². The van der Waals surface area contributed by atoms with Crippen LogP contribution < -0.4 is 0 Å². The Bertz CT molecular complexity index is 987. The van der Waals surface area contributed by atoms with E-state index in [1.807, 2.05) is 91.0 Å². The molecule has 0 radical (unpaired) electrons. The van der Waals surface area contributed by atoms with Crippen LogP contribution in [0, 0.1) is 0 Å². The lowest BCUT2D eigenvalue weighted by Gasteiger charge is -2.40. The molecule has 2 saturated heterocycles. The number of halogens is 1. The lowest BCUT2D eigenvalue weighted by atomic mass is 9.99. The van der Waals surface area contributed by atoms with Crippen LogP contribution in [0.5, 0.6) is 0 Å². The molecule has 0 aliphatic carbocycles. The Morgan fingerprint density at radius 3 is 1.45 bits per heavy atom. The third-order valence-electron chi connectivity index (χ3n) is 5.91. The fraction of sp³-hybridized carbons (Fsp3) is 0.333. The van der Waals surface area contributed by atoms with Crippen LogP contribution in [0.2, 0.25) is 0 Å². The van der Waals surface area contributed by atoms with Crippen molar-refractivity contribution in [3.05, 3.63) is 108 Å². The number of hydrogen-bond acceptors (Lipinski definition) is 5. The van der Waals surface area contributed by atoms with E-state index < -0.39 is 37.1 Å². The summed E-state index contributed by atoms with van der Waals surface area (Å²) in [7, 11) is 0. The fourth-order valence-corrected chi connectivity index (χ4v) is 4.22. The minimum Gasteiger partial charge on any atom is -0.368 e. The van der Waals surface area contributed by atoms with Crippen molar-refractivity contribution in [3.8, 4) is 0 Å². The molecule has 0 saturated carbocycles. The number of alkyl halides is 1. The Labute approximate surface area is 193 Å². The molecule has 5 rings (SSSR count). The Morgan fingerprint density at radius 2 is 0.970 bits per heavy atom. The summed E-state index contributed by atoms with van der Waals surface area (Å²) in [6, 6.07) is 29.4. The zero-order valence-corrected chi connectivity index (χ0v) is 18.2. The van der Waals surface area contributed by atoms with E-state index in [2.05, 4.69) is 0 Å². The van der Waals surface area contributed by atoms with Crippen molar-refractivity contribution in [1.29, 1.82) is 0 Å². The second-order valence-corrected chi connectivity index (χ2v) is 8.24. The van der Waals surface area contributed by atoms with Crippen LogP contribution >= 0.6 is 0 Å². The molecule has 2 heterocycles. The molecule has 5 nitrogen and oxygen atoms in total. The van der Waals surface area contributed by atoms with Gasteiger partial charge in [0.15, 0.2) is 6.29 Å². The van der Waals surface area contributed by atoms with E-state index in [0.29, 0.717) is 19.8 Å². The van der Waals surface area contributed by atoms with Gasteiger partial charge in [0.2, 0.25) is 6.36 Å². The van der Waals surface area contributed by atoms with Gasteiger partial charge in [0.1, 0.15) is 24.4 Å². The smallest absolute Gasteiger partial charge is 0.230 e. The average molecular weight is 451 g/mol. The second kappa shape index (κ2) is 10.5. The maximum absolute atomic E-state index is 14.8. The summed E-state index contributed by atoms with van der Waals surface area (Å²) in [6.07, 6.45) is -5.25. The molecular weight excluding hydrogens is 423 g/mol. The first-order valence-corrected chi connectivity index (χ1v) is 11.2. The van der Waals surface area contributed by atoms with Crippen LogP contribution in [-0.2, 0) is 43.5 Å². The summed E-state index contributed by atoms with van der Waals surface area (Å²) >= 11 is 0. The molecule has 0 amide bonds. The van der Waals surface area contributed by atoms with E-state index in [1.165, 1.54) is 0 Å². The van der Waals surface area contributed by atoms with E-state index >= 15 is 0 Å². The number of ether oxygens (including phenoxy) is 5. The van der Waals surface area contributed by atoms with Crippen molar-refractivity contribution >= 4 is 0 Å². The standard InChI is InChI=1S/C27H27FO5/c28-26-24-22(29-16-19-10-4-1-5-11-19)23(30-17-20-12-6-2-7-13-20)25(27(32-24)33-26)31-18-21-14-8-3-9-15-21/h1-15,22-27H,16-18H2/t22?,23?,24?,25?,26-,27?/m0/s1. The van der Waals surface area contributed by atoms with Gasteiger partial charge in [-0.05, 0) is 16.7 Å². The highest BCUT2D eigenvalue weighted by Gasteiger charge is 2.57. The highest BCUT2D eigenvalue weighted by Crippen LogP contribution is 2.38. The van der Waals surface area contributed by atoms with Gasteiger partial charge in [-0.1, -0.05) is 91.0 Å². The summed E-state index contributed by atoms with van der Waals surface area (Å²) in [5.74, 6) is 0. The normalized spacial score (nSPS) is 28.6. The second-order valence-electron chi connectivity index (χ2n) is 8.24. The van der Waals surface area contributed by atoms with E-state index in [-0.39, 0.29) is 0 Å². The molecule has 2 aliphatic heterocycles.